The van der Waals surface area contributed by atoms with Crippen molar-refractivity contribution in [2.45, 2.75) is 17.0 Å². The molecule has 2 aliphatic rings. The number of hydrazine groups is 1. The average Bonchev–Trinajstić information content (AvgIpc) is 2.61. The number of carbonyl (C=O) groups is 1. The molecule has 1 fully saturated rings. The molecule has 2 heterocycles. The molecule has 3 rings (SSSR count). The number of hydrogen-bond acceptors (Lipinski definition) is 3. The van der Waals surface area contributed by atoms with Gasteiger partial charge in [0.2, 0.25) is 5.91 Å². The summed E-state index contributed by atoms with van der Waals surface area (Å²) in [5, 5.41) is 0.0462. The highest BCUT2D eigenvalue weighted by molar-refractivity contribution is 8.00. The van der Waals surface area contributed by atoms with E-state index >= 15 is 0 Å². The Balaban J connectivity index is 2.07. The number of nitrogens with one attached hydrogen (secondary N) is 2. The molecule has 4 heteroatoms. The van der Waals surface area contributed by atoms with Gasteiger partial charge in [-0.2, -0.15) is 0 Å². The molecule has 0 radical (unpaired) electrons. The van der Waals surface area contributed by atoms with Crippen LogP contribution in [0.3, 0.4) is 0 Å². The quantitative estimate of drug-likeness (QED) is 0.665. The first-order valence-corrected chi connectivity index (χ1v) is 5.66. The lowest BCUT2D eigenvalue weighted by Crippen LogP contribution is -2.27. The fraction of sp³-hybridized carbons (Fsp3) is 0.300. The minimum absolute atomic E-state index is 0.0462. The molecule has 0 bridgehead atoms. The monoisotopic (exact) mass is 206 g/mol. The molecular formula is C10H10N2OS. The number of carbonyl (C=O) groups excluding carboxylic acids is 1. The Labute approximate surface area is 86.2 Å². The van der Waals surface area contributed by atoms with E-state index in [0.29, 0.717) is 0 Å². The summed E-state index contributed by atoms with van der Waals surface area (Å²) in [6.07, 6.45) is 0. The van der Waals surface area contributed by atoms with Crippen LogP contribution in [0.2, 0.25) is 0 Å². The van der Waals surface area contributed by atoms with Crippen LogP contribution in [0.5, 0.6) is 0 Å². The highest BCUT2D eigenvalue weighted by Gasteiger charge is 2.39. The van der Waals surface area contributed by atoms with Crippen LogP contribution in [0.15, 0.2) is 24.3 Å². The predicted molar refractivity (Wildman–Crippen MR) is 55.5 cm³/mol. The topological polar surface area (TPSA) is 41.1 Å². The van der Waals surface area contributed by atoms with Gasteiger partial charge in [0, 0.05) is 5.75 Å². The van der Waals surface area contributed by atoms with Crippen molar-refractivity contribution in [2.24, 2.45) is 0 Å². The van der Waals surface area contributed by atoms with Gasteiger partial charge in [0.25, 0.3) is 0 Å². The summed E-state index contributed by atoms with van der Waals surface area (Å²) in [6.45, 7) is 0. The maximum atomic E-state index is 11.4. The highest BCUT2D eigenvalue weighted by atomic mass is 32.2. The van der Waals surface area contributed by atoms with E-state index in [1.165, 1.54) is 11.1 Å². The molecule has 2 N–H and O–H groups in total. The van der Waals surface area contributed by atoms with Crippen LogP contribution in [0, 0.1) is 0 Å². The molecule has 0 aliphatic carbocycles. The third-order valence-corrected chi connectivity index (χ3v) is 4.04. The van der Waals surface area contributed by atoms with Gasteiger partial charge in [0.1, 0.15) is 5.25 Å². The molecule has 2 unspecified atom stereocenters. The van der Waals surface area contributed by atoms with Gasteiger partial charge in [-0.15, -0.1) is 11.8 Å². The van der Waals surface area contributed by atoms with Gasteiger partial charge in [0.15, 0.2) is 0 Å². The first-order valence-electron chi connectivity index (χ1n) is 4.61. The lowest BCUT2D eigenvalue weighted by molar-refractivity contribution is -0.119. The number of benzene rings is 1. The van der Waals surface area contributed by atoms with E-state index in [-0.39, 0.29) is 17.2 Å². The van der Waals surface area contributed by atoms with Crippen molar-refractivity contribution in [3.63, 3.8) is 0 Å². The summed E-state index contributed by atoms with van der Waals surface area (Å²) in [4.78, 5) is 11.4. The molecule has 0 aromatic heterocycles. The predicted octanol–water partition coefficient (Wildman–Crippen LogP) is 0.977. The maximum absolute atomic E-state index is 11.4. The van der Waals surface area contributed by atoms with Crippen molar-refractivity contribution in [2.75, 3.05) is 0 Å². The second-order valence-electron chi connectivity index (χ2n) is 3.54. The van der Waals surface area contributed by atoms with Crippen molar-refractivity contribution >= 4 is 17.7 Å². The van der Waals surface area contributed by atoms with E-state index in [1.807, 2.05) is 12.1 Å². The second kappa shape index (κ2) is 3.00. The van der Waals surface area contributed by atoms with Gasteiger partial charge in [-0.3, -0.25) is 10.2 Å². The Morgan fingerprint density at radius 2 is 2.21 bits per heavy atom. The lowest BCUT2D eigenvalue weighted by atomic mass is 9.99. The summed E-state index contributed by atoms with van der Waals surface area (Å²) in [6, 6.07) is 8.45. The largest absolute Gasteiger partial charge is 0.290 e. The standard InChI is InChI=1S/C10H10N2OS/c13-10-9-8(11-12-10)7-4-2-1-3-6(7)5-14-9/h1-4,8-9,11H,5H2,(H,12,13). The van der Waals surface area contributed by atoms with Crippen LogP contribution in [-0.2, 0) is 10.5 Å². The number of thioether (sulfide) groups is 1. The normalized spacial score (nSPS) is 29.3. The molecule has 1 amide bonds. The second-order valence-corrected chi connectivity index (χ2v) is 4.67. The van der Waals surface area contributed by atoms with Crippen LogP contribution in [-0.4, -0.2) is 11.2 Å². The zero-order valence-corrected chi connectivity index (χ0v) is 8.30. The minimum atomic E-state index is 0.0462. The van der Waals surface area contributed by atoms with E-state index in [9.17, 15) is 4.79 Å². The fourth-order valence-electron chi connectivity index (χ4n) is 2.01. The Kier molecular flexibility index (Phi) is 1.78. The highest BCUT2D eigenvalue weighted by Crippen LogP contribution is 2.39. The van der Waals surface area contributed by atoms with Crippen molar-refractivity contribution in [1.82, 2.24) is 10.9 Å². The first-order chi connectivity index (χ1) is 6.86. The molecule has 0 saturated carbocycles. The molecule has 3 nitrogen and oxygen atoms in total. The van der Waals surface area contributed by atoms with Gasteiger partial charge in [0.05, 0.1) is 6.04 Å². The maximum Gasteiger partial charge on any atom is 0.249 e. The number of amides is 1. The van der Waals surface area contributed by atoms with E-state index in [4.69, 9.17) is 0 Å². The third kappa shape index (κ3) is 1.07. The fourth-order valence-corrected chi connectivity index (χ4v) is 3.25. The molecule has 1 saturated heterocycles. The molecular weight excluding hydrogens is 196 g/mol. The van der Waals surface area contributed by atoms with Crippen LogP contribution in [0.4, 0.5) is 0 Å². The summed E-state index contributed by atoms with van der Waals surface area (Å²) >= 11 is 1.71. The zero-order chi connectivity index (χ0) is 9.54. The zero-order valence-electron chi connectivity index (χ0n) is 7.49. The average molecular weight is 206 g/mol. The van der Waals surface area contributed by atoms with Crippen LogP contribution >= 0.6 is 11.8 Å². The van der Waals surface area contributed by atoms with Crippen molar-refractivity contribution in [3.8, 4) is 0 Å². The van der Waals surface area contributed by atoms with Crippen LogP contribution in [0.1, 0.15) is 17.2 Å². The van der Waals surface area contributed by atoms with Crippen molar-refractivity contribution < 1.29 is 4.79 Å². The van der Waals surface area contributed by atoms with Crippen LogP contribution in [0.25, 0.3) is 0 Å². The Morgan fingerprint density at radius 1 is 1.36 bits per heavy atom. The number of fused-ring (bicyclic) bond motifs is 3. The lowest BCUT2D eigenvalue weighted by Gasteiger charge is -2.24. The molecule has 14 heavy (non-hydrogen) atoms. The van der Waals surface area contributed by atoms with Gasteiger partial charge in [-0.25, -0.2) is 5.43 Å². The Morgan fingerprint density at radius 3 is 3.14 bits per heavy atom. The smallest absolute Gasteiger partial charge is 0.249 e. The number of rotatable bonds is 0. The molecule has 72 valence electrons. The minimum Gasteiger partial charge on any atom is -0.290 e. The third-order valence-electron chi connectivity index (χ3n) is 2.72. The molecule has 2 aliphatic heterocycles. The van der Waals surface area contributed by atoms with Gasteiger partial charge in [-0.1, -0.05) is 24.3 Å². The number of hydrogen-bond donors (Lipinski definition) is 2. The molecule has 1 aromatic carbocycles. The summed E-state index contributed by atoms with van der Waals surface area (Å²) in [5.41, 5.74) is 8.33. The van der Waals surface area contributed by atoms with E-state index in [0.717, 1.165) is 5.75 Å². The summed E-state index contributed by atoms with van der Waals surface area (Å²) in [5.74, 6) is 1.04. The molecule has 1 aromatic rings. The SMILES string of the molecule is O=C1NNC2c3ccccc3CSC12. The van der Waals surface area contributed by atoms with E-state index < -0.39 is 0 Å². The van der Waals surface area contributed by atoms with Gasteiger partial charge in [-0.05, 0) is 11.1 Å². The first kappa shape index (κ1) is 8.32. The Hall–Kier alpha value is -1.00. The van der Waals surface area contributed by atoms with Crippen molar-refractivity contribution in [1.29, 1.82) is 0 Å². The van der Waals surface area contributed by atoms with E-state index in [2.05, 4.69) is 23.0 Å². The molecule has 2 atom stereocenters. The van der Waals surface area contributed by atoms with E-state index in [1.54, 1.807) is 11.8 Å². The van der Waals surface area contributed by atoms with Gasteiger partial charge < -0.3 is 0 Å². The van der Waals surface area contributed by atoms with Crippen molar-refractivity contribution in [3.05, 3.63) is 35.4 Å². The van der Waals surface area contributed by atoms with Crippen LogP contribution < -0.4 is 10.9 Å². The summed E-state index contributed by atoms with van der Waals surface area (Å²) in [7, 11) is 0. The Bertz CT molecular complexity index is 393. The van der Waals surface area contributed by atoms with Gasteiger partial charge >= 0.3 is 0 Å². The molecule has 0 spiro atoms. The summed E-state index contributed by atoms with van der Waals surface area (Å²) < 4.78 is 0.